The number of carbonyl (C=O) groups is 1. The number of hydrogen-bond acceptors (Lipinski definition) is 5. The molecule has 0 fully saturated rings. The maximum atomic E-state index is 11.6. The Kier molecular flexibility index (Phi) is 5.73. The highest BCUT2D eigenvalue weighted by atomic mass is 35.5. The van der Waals surface area contributed by atoms with Crippen molar-refractivity contribution in [3.05, 3.63) is 68.7 Å². The first-order valence-corrected chi connectivity index (χ1v) is 7.48. The summed E-state index contributed by atoms with van der Waals surface area (Å²) in [4.78, 5) is 22.2. The minimum absolute atomic E-state index is 0.0316. The van der Waals surface area contributed by atoms with Gasteiger partial charge in [0.05, 0.1) is 11.0 Å². The normalized spacial score (nSPS) is 11.6. The highest BCUT2D eigenvalue weighted by molar-refractivity contribution is 6.31. The van der Waals surface area contributed by atoms with E-state index in [2.05, 4.69) is 10.6 Å². The first-order valence-electron chi connectivity index (χ1n) is 7.11. The fourth-order valence-corrected chi connectivity index (χ4v) is 2.44. The lowest BCUT2D eigenvalue weighted by Crippen LogP contribution is -2.18. The van der Waals surface area contributed by atoms with Crippen molar-refractivity contribution < 1.29 is 14.8 Å². The van der Waals surface area contributed by atoms with E-state index in [4.69, 9.17) is 11.6 Å². The zero-order chi connectivity index (χ0) is 17.7. The zero-order valence-corrected chi connectivity index (χ0v) is 13.6. The van der Waals surface area contributed by atoms with Gasteiger partial charge in [-0.3, -0.25) is 14.9 Å². The second-order valence-electron chi connectivity index (χ2n) is 4.99. The molecule has 2 rings (SSSR count). The Hall–Kier alpha value is -2.64. The molecule has 2 aromatic rings. The summed E-state index contributed by atoms with van der Waals surface area (Å²) in [6, 6.07) is 10.9. The van der Waals surface area contributed by atoms with E-state index in [0.717, 1.165) is 0 Å². The van der Waals surface area contributed by atoms with Crippen LogP contribution in [0.25, 0.3) is 0 Å². The van der Waals surface area contributed by atoms with Gasteiger partial charge in [0.1, 0.15) is 5.69 Å². The summed E-state index contributed by atoms with van der Waals surface area (Å²) in [5, 5.41) is 27.0. The SMILES string of the molecule is CNC(=O)c1ccc(NCC(O)c2ccccc2Cl)c([N+](=O)[O-])c1. The molecule has 0 heterocycles. The molecule has 2 aromatic carbocycles. The van der Waals surface area contributed by atoms with E-state index >= 15 is 0 Å². The van der Waals surface area contributed by atoms with Crippen molar-refractivity contribution in [2.24, 2.45) is 0 Å². The molecule has 1 unspecified atom stereocenters. The lowest BCUT2D eigenvalue weighted by atomic mass is 10.1. The smallest absolute Gasteiger partial charge is 0.293 e. The zero-order valence-electron chi connectivity index (χ0n) is 12.8. The van der Waals surface area contributed by atoms with Crippen molar-refractivity contribution in [1.29, 1.82) is 0 Å². The molecule has 7 nitrogen and oxygen atoms in total. The molecule has 0 radical (unpaired) electrons. The number of carbonyl (C=O) groups excluding carboxylic acids is 1. The van der Waals surface area contributed by atoms with E-state index in [9.17, 15) is 20.0 Å². The predicted octanol–water partition coefficient (Wildman–Crippen LogP) is 2.75. The molecule has 1 amide bonds. The number of nitro benzene ring substituents is 1. The second-order valence-corrected chi connectivity index (χ2v) is 5.39. The van der Waals surface area contributed by atoms with Gasteiger partial charge in [-0.15, -0.1) is 0 Å². The number of nitrogens with zero attached hydrogens (tertiary/aromatic N) is 1. The summed E-state index contributed by atoms with van der Waals surface area (Å²) in [5.74, 6) is -0.416. The van der Waals surface area contributed by atoms with Gasteiger partial charge in [-0.25, -0.2) is 0 Å². The van der Waals surface area contributed by atoms with Crippen LogP contribution in [-0.2, 0) is 0 Å². The number of benzene rings is 2. The lowest BCUT2D eigenvalue weighted by molar-refractivity contribution is -0.384. The van der Waals surface area contributed by atoms with Gasteiger partial charge in [0.15, 0.2) is 0 Å². The molecule has 0 saturated heterocycles. The molecule has 3 N–H and O–H groups in total. The number of aliphatic hydroxyl groups excluding tert-OH is 1. The van der Waals surface area contributed by atoms with Crippen molar-refractivity contribution in [1.82, 2.24) is 5.32 Å². The molecule has 0 aliphatic heterocycles. The molecule has 0 bridgehead atoms. The number of aliphatic hydroxyl groups is 1. The van der Waals surface area contributed by atoms with Crippen LogP contribution in [0.15, 0.2) is 42.5 Å². The third kappa shape index (κ3) is 4.01. The molecule has 0 aliphatic carbocycles. The number of nitro groups is 1. The molecular weight excluding hydrogens is 334 g/mol. The number of rotatable bonds is 6. The van der Waals surface area contributed by atoms with Crippen molar-refractivity contribution in [2.45, 2.75) is 6.10 Å². The van der Waals surface area contributed by atoms with E-state index < -0.39 is 16.9 Å². The largest absolute Gasteiger partial charge is 0.387 e. The Balaban J connectivity index is 2.19. The molecule has 0 aliphatic rings. The highest BCUT2D eigenvalue weighted by Gasteiger charge is 2.18. The number of nitrogens with one attached hydrogen (secondary N) is 2. The Labute approximate surface area is 143 Å². The van der Waals surface area contributed by atoms with E-state index in [1.54, 1.807) is 24.3 Å². The standard InChI is InChI=1S/C16H16ClN3O4/c1-18-16(22)10-6-7-13(14(8-10)20(23)24)19-9-15(21)11-4-2-3-5-12(11)17/h2-8,15,19,21H,9H2,1H3,(H,18,22). The first kappa shape index (κ1) is 17.7. The summed E-state index contributed by atoms with van der Waals surface area (Å²) in [6.07, 6.45) is -0.933. The van der Waals surface area contributed by atoms with Crippen molar-refractivity contribution in [2.75, 3.05) is 18.9 Å². The van der Waals surface area contributed by atoms with Crippen LogP contribution in [0.3, 0.4) is 0 Å². The van der Waals surface area contributed by atoms with Gasteiger partial charge in [-0.1, -0.05) is 29.8 Å². The lowest BCUT2D eigenvalue weighted by Gasteiger charge is -2.15. The Bertz CT molecular complexity index is 767. The monoisotopic (exact) mass is 349 g/mol. The second kappa shape index (κ2) is 7.76. The molecule has 24 heavy (non-hydrogen) atoms. The maximum absolute atomic E-state index is 11.6. The summed E-state index contributed by atoms with van der Waals surface area (Å²) < 4.78 is 0. The van der Waals surface area contributed by atoms with Crippen LogP contribution in [0.4, 0.5) is 11.4 Å². The summed E-state index contributed by atoms with van der Waals surface area (Å²) in [7, 11) is 1.44. The fourth-order valence-electron chi connectivity index (χ4n) is 2.18. The summed E-state index contributed by atoms with van der Waals surface area (Å²) in [5.41, 5.74) is 0.666. The molecule has 0 spiro atoms. The van der Waals surface area contributed by atoms with Crippen LogP contribution in [0.2, 0.25) is 5.02 Å². The minimum Gasteiger partial charge on any atom is -0.387 e. The first-order chi connectivity index (χ1) is 11.4. The quantitative estimate of drug-likeness (QED) is 0.549. The molecule has 126 valence electrons. The van der Waals surface area contributed by atoms with E-state index in [-0.39, 0.29) is 23.5 Å². The summed E-state index contributed by atoms with van der Waals surface area (Å²) in [6.45, 7) is 0.0316. The van der Waals surface area contributed by atoms with Gasteiger partial charge < -0.3 is 15.7 Å². The Morgan fingerprint density at radius 2 is 2.04 bits per heavy atom. The van der Waals surface area contributed by atoms with E-state index in [1.807, 2.05) is 0 Å². The van der Waals surface area contributed by atoms with Gasteiger partial charge >= 0.3 is 0 Å². The number of anilines is 1. The van der Waals surface area contributed by atoms with Crippen molar-refractivity contribution in [3.8, 4) is 0 Å². The third-order valence-corrected chi connectivity index (χ3v) is 3.78. The van der Waals surface area contributed by atoms with E-state index in [1.165, 1.54) is 25.2 Å². The average Bonchev–Trinajstić information content (AvgIpc) is 2.59. The van der Waals surface area contributed by atoms with Crippen LogP contribution >= 0.6 is 11.6 Å². The molecule has 0 aromatic heterocycles. The van der Waals surface area contributed by atoms with Crippen molar-refractivity contribution >= 4 is 28.9 Å². The fraction of sp³-hybridized carbons (Fsp3) is 0.188. The Morgan fingerprint density at radius 1 is 1.33 bits per heavy atom. The maximum Gasteiger partial charge on any atom is 0.293 e. The third-order valence-electron chi connectivity index (χ3n) is 3.43. The molecular formula is C16H16ClN3O4. The Morgan fingerprint density at radius 3 is 2.67 bits per heavy atom. The van der Waals surface area contributed by atoms with Crippen LogP contribution in [0.1, 0.15) is 22.0 Å². The highest BCUT2D eigenvalue weighted by Crippen LogP contribution is 2.28. The minimum atomic E-state index is -0.933. The molecule has 0 saturated carbocycles. The van der Waals surface area contributed by atoms with Gasteiger partial charge in [-0.05, 0) is 18.2 Å². The van der Waals surface area contributed by atoms with Crippen LogP contribution in [-0.4, -0.2) is 29.5 Å². The average molecular weight is 350 g/mol. The number of hydrogen-bond donors (Lipinski definition) is 3. The van der Waals surface area contributed by atoms with Gasteiger partial charge in [0, 0.05) is 35.8 Å². The molecule has 8 heteroatoms. The van der Waals surface area contributed by atoms with Crippen molar-refractivity contribution in [3.63, 3.8) is 0 Å². The van der Waals surface area contributed by atoms with Gasteiger partial charge in [0.2, 0.25) is 0 Å². The number of halogens is 1. The van der Waals surface area contributed by atoms with Crippen LogP contribution < -0.4 is 10.6 Å². The van der Waals surface area contributed by atoms with E-state index in [0.29, 0.717) is 10.6 Å². The van der Waals surface area contributed by atoms with Crippen LogP contribution in [0, 0.1) is 10.1 Å². The topological polar surface area (TPSA) is 104 Å². The predicted molar refractivity (Wildman–Crippen MR) is 91.4 cm³/mol. The molecule has 1 atom stereocenters. The van der Waals surface area contributed by atoms with Gasteiger partial charge in [0.25, 0.3) is 11.6 Å². The number of amides is 1. The van der Waals surface area contributed by atoms with Gasteiger partial charge in [-0.2, -0.15) is 0 Å². The van der Waals surface area contributed by atoms with Crippen LogP contribution in [0.5, 0.6) is 0 Å². The summed E-state index contributed by atoms with van der Waals surface area (Å²) >= 11 is 6.01.